The van der Waals surface area contributed by atoms with Crippen molar-refractivity contribution in [3.8, 4) is 0 Å². The quantitative estimate of drug-likeness (QED) is 0.753. The van der Waals surface area contributed by atoms with Gasteiger partial charge in [0.05, 0.1) is 0 Å². The van der Waals surface area contributed by atoms with Crippen molar-refractivity contribution in [2.75, 3.05) is 19.6 Å². The average Bonchev–Trinajstić information content (AvgIpc) is 2.39. The van der Waals surface area contributed by atoms with Crippen molar-refractivity contribution in [1.29, 1.82) is 0 Å². The summed E-state index contributed by atoms with van der Waals surface area (Å²) in [5.74, 6) is -0.351. The SMILES string of the molecule is CCCN(CCNCc1cc(F)cc(Cl)c1)C(=O)OC(C)(C)C. The fraction of sp³-hybridized carbons (Fsp3) is 0.588. The zero-order chi connectivity index (χ0) is 17.5. The highest BCUT2D eigenvalue weighted by Gasteiger charge is 2.21. The number of ether oxygens (including phenoxy) is 1. The van der Waals surface area contributed by atoms with E-state index in [2.05, 4.69) is 5.32 Å². The maximum atomic E-state index is 13.2. The van der Waals surface area contributed by atoms with Gasteiger partial charge in [-0.1, -0.05) is 18.5 Å². The minimum absolute atomic E-state index is 0.310. The largest absolute Gasteiger partial charge is 0.444 e. The summed E-state index contributed by atoms with van der Waals surface area (Å²) in [5, 5.41) is 3.57. The van der Waals surface area contributed by atoms with Crippen molar-refractivity contribution in [2.45, 2.75) is 46.3 Å². The molecule has 0 aliphatic carbocycles. The van der Waals surface area contributed by atoms with Crippen LogP contribution in [0.15, 0.2) is 18.2 Å². The highest BCUT2D eigenvalue weighted by molar-refractivity contribution is 6.30. The van der Waals surface area contributed by atoms with Crippen LogP contribution in [0, 0.1) is 5.82 Å². The van der Waals surface area contributed by atoms with Gasteiger partial charge in [0, 0.05) is 31.2 Å². The van der Waals surface area contributed by atoms with E-state index in [1.54, 1.807) is 11.0 Å². The zero-order valence-corrected chi connectivity index (χ0v) is 15.0. The van der Waals surface area contributed by atoms with Crippen LogP contribution in [0.2, 0.25) is 5.02 Å². The predicted molar refractivity (Wildman–Crippen MR) is 91.2 cm³/mol. The van der Waals surface area contributed by atoms with Crippen molar-refractivity contribution >= 4 is 17.7 Å². The molecule has 0 aliphatic heterocycles. The topological polar surface area (TPSA) is 41.6 Å². The molecule has 0 atom stereocenters. The fourth-order valence-corrected chi connectivity index (χ4v) is 2.29. The Kier molecular flexibility index (Phi) is 7.79. The van der Waals surface area contributed by atoms with Gasteiger partial charge in [-0.3, -0.25) is 0 Å². The van der Waals surface area contributed by atoms with Gasteiger partial charge in [-0.2, -0.15) is 0 Å². The van der Waals surface area contributed by atoms with Gasteiger partial charge in [-0.15, -0.1) is 0 Å². The summed E-state index contributed by atoms with van der Waals surface area (Å²) in [4.78, 5) is 13.8. The summed E-state index contributed by atoms with van der Waals surface area (Å²) < 4.78 is 18.6. The van der Waals surface area contributed by atoms with E-state index in [9.17, 15) is 9.18 Å². The Balaban J connectivity index is 2.45. The number of carbonyl (C=O) groups is 1. The molecule has 0 radical (unpaired) electrons. The Morgan fingerprint density at radius 2 is 2.00 bits per heavy atom. The standard InChI is InChI=1S/C17H26ClFN2O2/c1-5-7-21(16(22)23-17(2,3)4)8-6-20-12-13-9-14(18)11-15(19)10-13/h9-11,20H,5-8,12H2,1-4H3. The Labute approximate surface area is 142 Å². The second-order valence-electron chi connectivity index (χ2n) is 6.42. The van der Waals surface area contributed by atoms with Crippen LogP contribution < -0.4 is 5.32 Å². The van der Waals surface area contributed by atoms with Gasteiger partial charge in [0.15, 0.2) is 0 Å². The maximum Gasteiger partial charge on any atom is 0.410 e. The van der Waals surface area contributed by atoms with Crippen LogP contribution >= 0.6 is 11.6 Å². The molecule has 1 amide bonds. The van der Waals surface area contributed by atoms with Crippen molar-refractivity contribution < 1.29 is 13.9 Å². The lowest BCUT2D eigenvalue weighted by molar-refractivity contribution is 0.0252. The average molecular weight is 345 g/mol. The summed E-state index contributed by atoms with van der Waals surface area (Å²) in [5.41, 5.74) is 0.267. The fourth-order valence-electron chi connectivity index (χ4n) is 2.05. The molecule has 0 aromatic heterocycles. The number of hydrogen-bond donors (Lipinski definition) is 1. The molecular weight excluding hydrogens is 319 g/mol. The van der Waals surface area contributed by atoms with E-state index in [4.69, 9.17) is 16.3 Å². The van der Waals surface area contributed by atoms with E-state index in [1.165, 1.54) is 12.1 Å². The van der Waals surface area contributed by atoms with E-state index in [1.807, 2.05) is 27.7 Å². The molecule has 0 spiro atoms. The summed E-state index contributed by atoms with van der Waals surface area (Å²) in [6, 6.07) is 4.43. The molecule has 0 saturated carbocycles. The van der Waals surface area contributed by atoms with Crippen LogP contribution in [0.5, 0.6) is 0 Å². The van der Waals surface area contributed by atoms with Crippen molar-refractivity contribution in [1.82, 2.24) is 10.2 Å². The first-order valence-electron chi connectivity index (χ1n) is 7.85. The van der Waals surface area contributed by atoms with Crippen LogP contribution in [0.3, 0.4) is 0 Å². The number of nitrogens with one attached hydrogen (secondary N) is 1. The normalized spacial score (nSPS) is 11.4. The third kappa shape index (κ3) is 8.18. The molecule has 1 rings (SSSR count). The maximum absolute atomic E-state index is 13.2. The van der Waals surface area contributed by atoms with E-state index in [0.29, 0.717) is 31.2 Å². The molecular formula is C17H26ClFN2O2. The monoisotopic (exact) mass is 344 g/mol. The minimum Gasteiger partial charge on any atom is -0.444 e. The van der Waals surface area contributed by atoms with Gasteiger partial charge in [0.2, 0.25) is 0 Å². The molecule has 23 heavy (non-hydrogen) atoms. The lowest BCUT2D eigenvalue weighted by Gasteiger charge is -2.27. The summed E-state index contributed by atoms with van der Waals surface area (Å²) in [6.45, 7) is 9.82. The molecule has 0 aliphatic rings. The number of nitrogens with zero attached hydrogens (tertiary/aromatic N) is 1. The molecule has 1 N–H and O–H groups in total. The van der Waals surface area contributed by atoms with Crippen LogP contribution in [0.1, 0.15) is 39.7 Å². The highest BCUT2D eigenvalue weighted by Crippen LogP contribution is 2.14. The Morgan fingerprint density at radius 1 is 1.30 bits per heavy atom. The van der Waals surface area contributed by atoms with Gasteiger partial charge in [-0.25, -0.2) is 9.18 Å². The Hall–Kier alpha value is -1.33. The van der Waals surface area contributed by atoms with Crippen LogP contribution in [-0.4, -0.2) is 36.2 Å². The molecule has 0 heterocycles. The van der Waals surface area contributed by atoms with E-state index in [-0.39, 0.29) is 11.9 Å². The van der Waals surface area contributed by atoms with Crippen molar-refractivity contribution in [3.05, 3.63) is 34.6 Å². The number of amides is 1. The number of rotatable bonds is 7. The number of halogens is 2. The summed E-state index contributed by atoms with van der Waals surface area (Å²) in [6.07, 6.45) is 0.550. The summed E-state index contributed by atoms with van der Waals surface area (Å²) in [7, 11) is 0. The van der Waals surface area contributed by atoms with Crippen LogP contribution in [-0.2, 0) is 11.3 Å². The van der Waals surface area contributed by atoms with E-state index in [0.717, 1.165) is 12.0 Å². The second kappa shape index (κ2) is 9.08. The van der Waals surface area contributed by atoms with E-state index < -0.39 is 5.60 Å². The number of benzene rings is 1. The first-order valence-corrected chi connectivity index (χ1v) is 8.22. The van der Waals surface area contributed by atoms with Gasteiger partial charge in [0.1, 0.15) is 11.4 Å². The first kappa shape index (κ1) is 19.7. The third-order valence-electron chi connectivity index (χ3n) is 2.96. The molecule has 130 valence electrons. The zero-order valence-electron chi connectivity index (χ0n) is 14.3. The molecule has 0 fully saturated rings. The smallest absolute Gasteiger partial charge is 0.410 e. The van der Waals surface area contributed by atoms with Crippen LogP contribution in [0.4, 0.5) is 9.18 Å². The second-order valence-corrected chi connectivity index (χ2v) is 6.86. The molecule has 4 nitrogen and oxygen atoms in total. The van der Waals surface area contributed by atoms with Crippen LogP contribution in [0.25, 0.3) is 0 Å². The van der Waals surface area contributed by atoms with Gasteiger partial charge >= 0.3 is 6.09 Å². The van der Waals surface area contributed by atoms with Gasteiger partial charge in [0.25, 0.3) is 0 Å². The van der Waals surface area contributed by atoms with Gasteiger partial charge in [-0.05, 0) is 51.0 Å². The third-order valence-corrected chi connectivity index (χ3v) is 3.17. The first-order chi connectivity index (χ1) is 10.7. The molecule has 1 aromatic rings. The Morgan fingerprint density at radius 3 is 2.57 bits per heavy atom. The number of hydrogen-bond acceptors (Lipinski definition) is 3. The van der Waals surface area contributed by atoms with E-state index >= 15 is 0 Å². The highest BCUT2D eigenvalue weighted by atomic mass is 35.5. The lowest BCUT2D eigenvalue weighted by Crippen LogP contribution is -2.40. The minimum atomic E-state index is -0.505. The number of carbonyl (C=O) groups excluding carboxylic acids is 1. The Bertz CT molecular complexity index is 498. The molecule has 0 unspecified atom stereocenters. The predicted octanol–water partition coefficient (Wildman–Crippen LogP) is 4.22. The molecule has 1 aromatic carbocycles. The van der Waals surface area contributed by atoms with Crippen molar-refractivity contribution in [3.63, 3.8) is 0 Å². The lowest BCUT2D eigenvalue weighted by atomic mass is 10.2. The summed E-state index contributed by atoms with van der Waals surface area (Å²) >= 11 is 5.82. The van der Waals surface area contributed by atoms with Crippen molar-refractivity contribution in [2.24, 2.45) is 0 Å². The molecule has 0 saturated heterocycles. The molecule has 0 bridgehead atoms. The molecule has 6 heteroatoms. The van der Waals surface area contributed by atoms with Gasteiger partial charge < -0.3 is 15.0 Å².